The summed E-state index contributed by atoms with van der Waals surface area (Å²) in [6, 6.07) is 9.72. The number of hydrogen-bond acceptors (Lipinski definition) is 3. The van der Waals surface area contributed by atoms with Crippen LogP contribution in [0.25, 0.3) is 0 Å². The van der Waals surface area contributed by atoms with Crippen LogP contribution in [0.1, 0.15) is 32.3 Å². The minimum atomic E-state index is 0.505. The topological polar surface area (TPSA) is 42.9 Å². The van der Waals surface area contributed by atoms with Crippen LogP contribution in [0.15, 0.2) is 33.7 Å². The summed E-state index contributed by atoms with van der Waals surface area (Å²) in [5, 5.41) is 7.03. The molecule has 0 unspecified atom stereocenters. The van der Waals surface area contributed by atoms with Gasteiger partial charge in [-0.1, -0.05) is 28.1 Å². The number of aliphatic imine (C=N–C) groups is 1. The third kappa shape index (κ3) is 7.25. The first-order valence-electron chi connectivity index (χ1n) is 9.62. The number of nitrogens with one attached hydrogen (secondary N) is 2. The molecule has 1 saturated heterocycles. The second-order valence-corrected chi connectivity index (χ2v) is 8.31. The second-order valence-electron chi connectivity index (χ2n) is 7.39. The summed E-state index contributed by atoms with van der Waals surface area (Å²) in [4.78, 5) is 9.25. The first-order valence-corrected chi connectivity index (χ1v) is 10.4. The number of likely N-dealkylation sites (tertiary alicyclic amines) is 1. The number of benzene rings is 1. The Bertz CT molecular complexity index is 550. The molecule has 1 fully saturated rings. The maximum absolute atomic E-state index is 4.38. The fourth-order valence-electron chi connectivity index (χ4n) is 3.08. The van der Waals surface area contributed by atoms with Crippen LogP contribution in [0.4, 0.5) is 0 Å². The van der Waals surface area contributed by atoms with Gasteiger partial charge in [-0.3, -0.25) is 9.89 Å². The Morgan fingerprint density at radius 3 is 2.50 bits per heavy atom. The maximum atomic E-state index is 4.38. The third-order valence-electron chi connectivity index (χ3n) is 5.11. The van der Waals surface area contributed by atoms with Gasteiger partial charge in [0, 0.05) is 56.3 Å². The molecule has 1 aromatic rings. The number of likely N-dealkylation sites (N-methyl/N-ethyl adjacent to an activating group) is 1. The highest BCUT2D eigenvalue weighted by molar-refractivity contribution is 9.10. The van der Waals surface area contributed by atoms with Crippen molar-refractivity contribution in [3.8, 4) is 0 Å². The highest BCUT2D eigenvalue weighted by atomic mass is 79.9. The van der Waals surface area contributed by atoms with Crippen molar-refractivity contribution in [3.05, 3.63) is 34.3 Å². The standard InChI is InChI=1S/C20H34BrN5/c1-16(2)25(4)14-11-23-20(22-3)24-19-9-12-26(13-10-19)15-17-5-7-18(21)8-6-17/h5-8,16,19H,9-15H2,1-4H3,(H2,22,23,24). The number of halogens is 1. The van der Waals surface area contributed by atoms with Crippen LogP contribution in [-0.2, 0) is 6.54 Å². The minimum Gasteiger partial charge on any atom is -0.355 e. The molecule has 1 aliphatic heterocycles. The molecule has 0 bridgehead atoms. The Morgan fingerprint density at radius 2 is 1.92 bits per heavy atom. The molecule has 6 heteroatoms. The van der Waals surface area contributed by atoms with Gasteiger partial charge >= 0.3 is 0 Å². The molecular formula is C20H34BrN5. The third-order valence-corrected chi connectivity index (χ3v) is 5.64. The Kier molecular flexibility index (Phi) is 8.88. The van der Waals surface area contributed by atoms with E-state index in [2.05, 4.69) is 86.5 Å². The molecule has 0 saturated carbocycles. The van der Waals surface area contributed by atoms with E-state index in [1.165, 1.54) is 5.56 Å². The molecular weight excluding hydrogens is 390 g/mol. The van der Waals surface area contributed by atoms with Gasteiger partial charge in [0.05, 0.1) is 0 Å². The zero-order valence-electron chi connectivity index (χ0n) is 16.6. The van der Waals surface area contributed by atoms with E-state index >= 15 is 0 Å². The van der Waals surface area contributed by atoms with Crippen LogP contribution in [0.2, 0.25) is 0 Å². The smallest absolute Gasteiger partial charge is 0.191 e. The second kappa shape index (κ2) is 10.9. The van der Waals surface area contributed by atoms with Crippen molar-refractivity contribution < 1.29 is 0 Å². The van der Waals surface area contributed by atoms with Crippen molar-refractivity contribution in [3.63, 3.8) is 0 Å². The molecule has 5 nitrogen and oxygen atoms in total. The van der Waals surface area contributed by atoms with Gasteiger partial charge in [-0.05, 0) is 51.4 Å². The van der Waals surface area contributed by atoms with E-state index in [1.807, 2.05) is 7.05 Å². The summed E-state index contributed by atoms with van der Waals surface area (Å²) >= 11 is 3.50. The number of nitrogens with zero attached hydrogens (tertiary/aromatic N) is 3. The minimum absolute atomic E-state index is 0.505. The molecule has 146 valence electrons. The fourth-order valence-corrected chi connectivity index (χ4v) is 3.34. The molecule has 0 amide bonds. The summed E-state index contributed by atoms with van der Waals surface area (Å²) in [5.41, 5.74) is 1.38. The lowest BCUT2D eigenvalue weighted by Crippen LogP contribution is -2.49. The first-order chi connectivity index (χ1) is 12.5. The van der Waals surface area contributed by atoms with Crippen LogP contribution in [0, 0.1) is 0 Å². The molecule has 2 rings (SSSR count). The first kappa shape index (κ1) is 21.2. The monoisotopic (exact) mass is 423 g/mol. The Morgan fingerprint density at radius 1 is 1.27 bits per heavy atom. The predicted molar refractivity (Wildman–Crippen MR) is 115 cm³/mol. The average molecular weight is 424 g/mol. The molecule has 26 heavy (non-hydrogen) atoms. The average Bonchev–Trinajstić information content (AvgIpc) is 2.64. The summed E-state index contributed by atoms with van der Waals surface area (Å²) < 4.78 is 1.14. The van der Waals surface area contributed by atoms with Gasteiger partial charge < -0.3 is 15.5 Å². The van der Waals surface area contributed by atoms with Gasteiger partial charge in [0.25, 0.3) is 0 Å². The van der Waals surface area contributed by atoms with E-state index in [9.17, 15) is 0 Å². The lowest BCUT2D eigenvalue weighted by molar-refractivity contribution is 0.198. The van der Waals surface area contributed by atoms with Crippen LogP contribution >= 0.6 is 15.9 Å². The molecule has 0 aromatic heterocycles. The van der Waals surface area contributed by atoms with Crippen molar-refractivity contribution in [1.29, 1.82) is 0 Å². The lowest BCUT2D eigenvalue weighted by atomic mass is 10.0. The molecule has 0 radical (unpaired) electrons. The van der Waals surface area contributed by atoms with Crippen molar-refractivity contribution in [1.82, 2.24) is 20.4 Å². The van der Waals surface area contributed by atoms with Gasteiger partial charge in [0.2, 0.25) is 0 Å². The largest absolute Gasteiger partial charge is 0.355 e. The van der Waals surface area contributed by atoms with Gasteiger partial charge in [0.1, 0.15) is 0 Å². The van der Waals surface area contributed by atoms with Crippen LogP contribution in [-0.4, -0.2) is 68.1 Å². The van der Waals surface area contributed by atoms with E-state index in [0.29, 0.717) is 12.1 Å². The molecule has 2 N–H and O–H groups in total. The Balaban J connectivity index is 1.69. The molecule has 0 spiro atoms. The number of piperidine rings is 1. The van der Waals surface area contributed by atoms with E-state index in [1.54, 1.807) is 0 Å². The van der Waals surface area contributed by atoms with Crippen LogP contribution in [0.5, 0.6) is 0 Å². The highest BCUT2D eigenvalue weighted by Gasteiger charge is 2.20. The number of guanidine groups is 1. The molecule has 1 aliphatic rings. The predicted octanol–water partition coefficient (Wildman–Crippen LogP) is 2.92. The number of hydrogen-bond donors (Lipinski definition) is 2. The zero-order valence-corrected chi connectivity index (χ0v) is 18.2. The normalized spacial score (nSPS) is 17.1. The van der Waals surface area contributed by atoms with Crippen LogP contribution < -0.4 is 10.6 Å². The van der Waals surface area contributed by atoms with Crippen molar-refractivity contribution in [2.45, 2.75) is 45.3 Å². The molecule has 0 atom stereocenters. The van der Waals surface area contributed by atoms with E-state index in [0.717, 1.165) is 56.0 Å². The van der Waals surface area contributed by atoms with Crippen molar-refractivity contribution in [2.75, 3.05) is 40.3 Å². The van der Waals surface area contributed by atoms with E-state index in [-0.39, 0.29) is 0 Å². The van der Waals surface area contributed by atoms with Crippen molar-refractivity contribution in [2.24, 2.45) is 4.99 Å². The van der Waals surface area contributed by atoms with E-state index < -0.39 is 0 Å². The van der Waals surface area contributed by atoms with Gasteiger partial charge in [0.15, 0.2) is 5.96 Å². The molecule has 1 heterocycles. The quantitative estimate of drug-likeness (QED) is 0.522. The summed E-state index contributed by atoms with van der Waals surface area (Å²) in [7, 11) is 4.01. The highest BCUT2D eigenvalue weighted by Crippen LogP contribution is 2.16. The molecule has 0 aliphatic carbocycles. The Hall–Kier alpha value is -1.11. The Labute approximate surface area is 167 Å². The number of rotatable bonds is 7. The van der Waals surface area contributed by atoms with E-state index in [4.69, 9.17) is 0 Å². The fraction of sp³-hybridized carbons (Fsp3) is 0.650. The summed E-state index contributed by atoms with van der Waals surface area (Å²) in [6.07, 6.45) is 2.31. The lowest BCUT2D eigenvalue weighted by Gasteiger charge is -2.33. The van der Waals surface area contributed by atoms with Gasteiger partial charge in [-0.15, -0.1) is 0 Å². The summed E-state index contributed by atoms with van der Waals surface area (Å²) in [5.74, 6) is 0.925. The van der Waals surface area contributed by atoms with Gasteiger partial charge in [-0.2, -0.15) is 0 Å². The summed E-state index contributed by atoms with van der Waals surface area (Å²) in [6.45, 7) is 9.65. The zero-order chi connectivity index (χ0) is 18.9. The van der Waals surface area contributed by atoms with Crippen LogP contribution in [0.3, 0.4) is 0 Å². The molecule has 1 aromatic carbocycles. The van der Waals surface area contributed by atoms with Gasteiger partial charge in [-0.25, -0.2) is 0 Å². The maximum Gasteiger partial charge on any atom is 0.191 e. The van der Waals surface area contributed by atoms with Crippen molar-refractivity contribution >= 4 is 21.9 Å². The SMILES string of the molecule is CN=C(NCCN(C)C(C)C)NC1CCN(Cc2ccc(Br)cc2)CC1.